The van der Waals surface area contributed by atoms with Crippen LogP contribution >= 0.6 is 11.3 Å². The molecule has 5 heteroatoms. The summed E-state index contributed by atoms with van der Waals surface area (Å²) in [7, 11) is 3.32. The molecule has 0 spiro atoms. The van der Waals surface area contributed by atoms with E-state index in [1.807, 2.05) is 24.3 Å². The molecular weight excluding hydrogens is 382 g/mol. The van der Waals surface area contributed by atoms with Crippen molar-refractivity contribution in [3.63, 3.8) is 0 Å². The molecule has 1 aromatic heterocycles. The molecule has 29 heavy (non-hydrogen) atoms. The average Bonchev–Trinajstić information content (AvgIpc) is 3.22. The number of carbonyl (C=O) groups excluding carboxylic acids is 1. The van der Waals surface area contributed by atoms with E-state index in [2.05, 4.69) is 29.6 Å². The van der Waals surface area contributed by atoms with Crippen molar-refractivity contribution in [3.05, 3.63) is 59.0 Å². The zero-order valence-corrected chi connectivity index (χ0v) is 17.8. The molecule has 152 valence electrons. The maximum atomic E-state index is 12.9. The van der Waals surface area contributed by atoms with Crippen LogP contribution in [0.1, 0.15) is 47.3 Å². The van der Waals surface area contributed by atoms with Crippen LogP contribution in [0.4, 0.5) is 0 Å². The molecule has 0 bridgehead atoms. The minimum Gasteiger partial charge on any atom is -0.493 e. The van der Waals surface area contributed by atoms with Crippen LogP contribution in [0, 0.1) is 0 Å². The fourth-order valence-electron chi connectivity index (χ4n) is 4.39. The topological polar surface area (TPSA) is 47.6 Å². The summed E-state index contributed by atoms with van der Waals surface area (Å²) in [5.74, 6) is 1.49. The Morgan fingerprint density at radius 1 is 1.00 bits per heavy atom. The summed E-state index contributed by atoms with van der Waals surface area (Å²) in [6.45, 7) is 0.634. The predicted molar refractivity (Wildman–Crippen MR) is 118 cm³/mol. The van der Waals surface area contributed by atoms with E-state index >= 15 is 0 Å². The third-order valence-corrected chi connectivity index (χ3v) is 7.16. The number of hydrogen-bond acceptors (Lipinski definition) is 4. The van der Waals surface area contributed by atoms with Gasteiger partial charge in [-0.25, -0.2) is 0 Å². The molecule has 4 rings (SSSR count). The van der Waals surface area contributed by atoms with E-state index in [0.29, 0.717) is 6.54 Å². The zero-order chi connectivity index (χ0) is 20.3. The van der Waals surface area contributed by atoms with Crippen LogP contribution in [0.25, 0.3) is 10.1 Å². The summed E-state index contributed by atoms with van der Waals surface area (Å²) in [6.07, 6.45) is 5.73. The maximum absolute atomic E-state index is 12.9. The van der Waals surface area contributed by atoms with Gasteiger partial charge in [0.2, 0.25) is 0 Å². The summed E-state index contributed by atoms with van der Waals surface area (Å²) in [5, 5.41) is 4.35. The van der Waals surface area contributed by atoms with Crippen LogP contribution in [0.2, 0.25) is 0 Å². The Balaban J connectivity index is 1.57. The van der Waals surface area contributed by atoms with Gasteiger partial charge in [0.05, 0.1) is 19.1 Å². The molecule has 0 atom stereocenters. The van der Waals surface area contributed by atoms with Gasteiger partial charge in [-0.1, -0.05) is 43.5 Å². The molecule has 0 saturated heterocycles. The van der Waals surface area contributed by atoms with Gasteiger partial charge in [0.1, 0.15) is 0 Å². The van der Waals surface area contributed by atoms with Gasteiger partial charge in [0, 0.05) is 16.7 Å². The van der Waals surface area contributed by atoms with E-state index in [0.717, 1.165) is 39.3 Å². The summed E-state index contributed by atoms with van der Waals surface area (Å²) >= 11 is 1.55. The molecule has 1 heterocycles. The number of nitrogens with one attached hydrogen (secondary N) is 1. The van der Waals surface area contributed by atoms with Crippen LogP contribution in [0.5, 0.6) is 11.5 Å². The molecule has 3 aromatic rings. The van der Waals surface area contributed by atoms with Gasteiger partial charge < -0.3 is 14.8 Å². The van der Waals surface area contributed by atoms with Crippen LogP contribution in [-0.2, 0) is 5.41 Å². The van der Waals surface area contributed by atoms with Crippen LogP contribution in [0.15, 0.2) is 48.5 Å². The molecule has 1 aliphatic rings. The Bertz CT molecular complexity index is 971. The van der Waals surface area contributed by atoms with E-state index in [9.17, 15) is 4.79 Å². The summed E-state index contributed by atoms with van der Waals surface area (Å²) in [5.41, 5.74) is 1.15. The van der Waals surface area contributed by atoms with Gasteiger partial charge in [-0.15, -0.1) is 11.3 Å². The Morgan fingerprint density at radius 3 is 2.48 bits per heavy atom. The van der Waals surface area contributed by atoms with Crippen molar-refractivity contribution in [1.29, 1.82) is 0 Å². The lowest BCUT2D eigenvalue weighted by Gasteiger charge is -2.38. The van der Waals surface area contributed by atoms with Crippen molar-refractivity contribution in [3.8, 4) is 11.5 Å². The fraction of sp³-hybridized carbons (Fsp3) is 0.375. The van der Waals surface area contributed by atoms with Gasteiger partial charge in [0.25, 0.3) is 5.91 Å². The molecule has 0 aliphatic heterocycles. The van der Waals surface area contributed by atoms with Gasteiger partial charge in [-0.3, -0.25) is 4.79 Å². The highest BCUT2D eigenvalue weighted by Crippen LogP contribution is 2.42. The molecule has 1 N–H and O–H groups in total. The third-order valence-electron chi connectivity index (χ3n) is 6.04. The number of methoxy groups -OCH3 is 2. The van der Waals surface area contributed by atoms with Crippen molar-refractivity contribution >= 4 is 27.3 Å². The largest absolute Gasteiger partial charge is 0.493 e. The smallest absolute Gasteiger partial charge is 0.261 e. The second kappa shape index (κ2) is 8.46. The number of carbonyl (C=O) groups is 1. The SMILES string of the molecule is COc1ccc(C2(CNC(=O)c3cc4ccccc4s3)CCCCC2)cc1OC. The van der Waals surface area contributed by atoms with Crippen molar-refractivity contribution in [1.82, 2.24) is 5.32 Å². The number of hydrogen-bond donors (Lipinski definition) is 1. The second-order valence-corrected chi connectivity index (χ2v) is 8.83. The third kappa shape index (κ3) is 3.97. The van der Waals surface area contributed by atoms with Gasteiger partial charge >= 0.3 is 0 Å². The van der Waals surface area contributed by atoms with Crippen LogP contribution < -0.4 is 14.8 Å². The highest BCUT2D eigenvalue weighted by Gasteiger charge is 2.35. The number of thiophene rings is 1. The number of benzene rings is 2. The molecule has 1 aliphatic carbocycles. The Hall–Kier alpha value is -2.53. The Morgan fingerprint density at radius 2 is 1.76 bits per heavy atom. The minimum atomic E-state index is -0.0653. The molecule has 1 saturated carbocycles. The van der Waals surface area contributed by atoms with E-state index in [1.165, 1.54) is 24.8 Å². The predicted octanol–water partition coefficient (Wildman–Crippen LogP) is 5.55. The highest BCUT2D eigenvalue weighted by atomic mass is 32.1. The molecular formula is C24H27NO3S. The summed E-state index contributed by atoms with van der Waals surface area (Å²) in [6, 6.07) is 16.3. The van der Waals surface area contributed by atoms with Gasteiger partial charge in [0.15, 0.2) is 11.5 Å². The lowest BCUT2D eigenvalue weighted by Crippen LogP contribution is -2.42. The summed E-state index contributed by atoms with van der Waals surface area (Å²) in [4.78, 5) is 13.7. The van der Waals surface area contributed by atoms with E-state index in [-0.39, 0.29) is 11.3 Å². The normalized spacial score (nSPS) is 15.8. The first-order chi connectivity index (χ1) is 14.1. The minimum absolute atomic E-state index is 0.0108. The summed E-state index contributed by atoms with van der Waals surface area (Å²) < 4.78 is 12.1. The molecule has 0 unspecified atom stereocenters. The van der Waals surface area contributed by atoms with Gasteiger partial charge in [-0.2, -0.15) is 0 Å². The fourth-order valence-corrected chi connectivity index (χ4v) is 5.37. The van der Waals surface area contributed by atoms with E-state index in [1.54, 1.807) is 25.6 Å². The zero-order valence-electron chi connectivity index (χ0n) is 17.0. The highest BCUT2D eigenvalue weighted by molar-refractivity contribution is 7.20. The van der Waals surface area contributed by atoms with Crippen molar-refractivity contribution in [2.24, 2.45) is 0 Å². The number of fused-ring (bicyclic) bond motifs is 1. The Labute approximate surface area is 175 Å². The lowest BCUT2D eigenvalue weighted by atomic mass is 9.69. The standard InChI is InChI=1S/C24H27NO3S/c1-27-19-11-10-18(15-20(19)28-2)24(12-6-3-7-13-24)16-25-23(26)22-14-17-8-4-5-9-21(17)29-22/h4-5,8-11,14-15H,3,6-7,12-13,16H2,1-2H3,(H,25,26). The lowest BCUT2D eigenvalue weighted by molar-refractivity contribution is 0.0940. The van der Waals surface area contributed by atoms with E-state index in [4.69, 9.17) is 9.47 Å². The average molecular weight is 410 g/mol. The van der Waals surface area contributed by atoms with Gasteiger partial charge in [-0.05, 0) is 48.1 Å². The molecule has 1 amide bonds. The van der Waals surface area contributed by atoms with Crippen molar-refractivity contribution in [2.75, 3.05) is 20.8 Å². The molecule has 1 fully saturated rings. The first kappa shape index (κ1) is 19.8. The van der Waals surface area contributed by atoms with E-state index < -0.39 is 0 Å². The maximum Gasteiger partial charge on any atom is 0.261 e. The van der Waals surface area contributed by atoms with Crippen molar-refractivity contribution < 1.29 is 14.3 Å². The molecule has 4 nitrogen and oxygen atoms in total. The first-order valence-corrected chi connectivity index (χ1v) is 11.0. The Kier molecular flexibility index (Phi) is 5.76. The second-order valence-electron chi connectivity index (χ2n) is 7.74. The number of ether oxygens (including phenoxy) is 2. The first-order valence-electron chi connectivity index (χ1n) is 10.1. The monoisotopic (exact) mass is 409 g/mol. The quantitative estimate of drug-likeness (QED) is 0.581. The van der Waals surface area contributed by atoms with Crippen LogP contribution in [0.3, 0.4) is 0 Å². The number of amides is 1. The molecule has 2 aromatic carbocycles. The number of rotatable bonds is 6. The van der Waals surface area contributed by atoms with Crippen LogP contribution in [-0.4, -0.2) is 26.7 Å². The van der Waals surface area contributed by atoms with Crippen molar-refractivity contribution in [2.45, 2.75) is 37.5 Å². The molecule has 0 radical (unpaired) electrons.